The lowest BCUT2D eigenvalue weighted by atomic mass is 10.1. The van der Waals surface area contributed by atoms with Gasteiger partial charge in [0.05, 0.1) is 23.6 Å². The van der Waals surface area contributed by atoms with Crippen molar-refractivity contribution in [2.24, 2.45) is 4.99 Å². The van der Waals surface area contributed by atoms with Crippen LogP contribution in [0.15, 0.2) is 41.7 Å². The van der Waals surface area contributed by atoms with Gasteiger partial charge in [-0.1, -0.05) is 12.1 Å². The minimum atomic E-state index is -0.0857. The van der Waals surface area contributed by atoms with Crippen LogP contribution in [-0.4, -0.2) is 63.7 Å². The predicted octanol–water partition coefficient (Wildman–Crippen LogP) is 3.13. The van der Waals surface area contributed by atoms with E-state index in [1.54, 1.807) is 29.6 Å². The molecule has 8 heteroatoms. The number of nitrogens with one attached hydrogen (secondary N) is 1. The second-order valence-corrected chi connectivity index (χ2v) is 6.93. The number of carbonyl (C=O) groups excluding carboxylic acids is 1. The zero-order valence-electron chi connectivity index (χ0n) is 16.8. The third kappa shape index (κ3) is 5.80. The number of nitrogens with zero attached hydrogens (tertiary/aromatic N) is 5. The minimum Gasteiger partial charge on any atom is -0.357 e. The van der Waals surface area contributed by atoms with Crippen LogP contribution in [-0.2, 0) is 4.74 Å². The molecular formula is C21H28N6O2. The maximum Gasteiger partial charge on any atom is 0.256 e. The number of rotatable bonds is 9. The van der Waals surface area contributed by atoms with Crippen molar-refractivity contribution in [2.75, 3.05) is 19.7 Å². The molecule has 1 amide bonds. The number of aromatic nitrogens is 3. The summed E-state index contributed by atoms with van der Waals surface area (Å²) in [6.07, 6.45) is 9.07. The van der Waals surface area contributed by atoms with Crippen molar-refractivity contribution in [2.45, 2.75) is 45.3 Å². The third-order valence-electron chi connectivity index (χ3n) is 4.89. The third-order valence-corrected chi connectivity index (χ3v) is 4.89. The zero-order valence-corrected chi connectivity index (χ0v) is 16.8. The quantitative estimate of drug-likeness (QED) is 0.659. The summed E-state index contributed by atoms with van der Waals surface area (Å²) in [6, 6.07) is 7.30. The second-order valence-electron chi connectivity index (χ2n) is 6.93. The summed E-state index contributed by atoms with van der Waals surface area (Å²) in [5.41, 5.74) is 1.75. The van der Waals surface area contributed by atoms with Gasteiger partial charge in [-0.25, -0.2) is 0 Å². The number of amides is 1. The molecule has 1 aliphatic heterocycles. The molecule has 2 aromatic rings. The van der Waals surface area contributed by atoms with E-state index >= 15 is 0 Å². The van der Waals surface area contributed by atoms with Crippen LogP contribution >= 0.6 is 0 Å². The van der Waals surface area contributed by atoms with E-state index in [0.717, 1.165) is 25.9 Å². The van der Waals surface area contributed by atoms with E-state index in [0.29, 0.717) is 42.9 Å². The fraction of sp³-hybridized carbons (Fsp3) is 0.476. The Morgan fingerprint density at radius 1 is 1.34 bits per heavy atom. The average Bonchev–Trinajstić information content (AvgIpc) is 3.29. The molecule has 29 heavy (non-hydrogen) atoms. The van der Waals surface area contributed by atoms with E-state index < -0.39 is 0 Å². The van der Waals surface area contributed by atoms with Crippen LogP contribution in [0.3, 0.4) is 0 Å². The molecule has 3 rings (SSSR count). The van der Waals surface area contributed by atoms with E-state index in [1.807, 2.05) is 25.1 Å². The molecule has 1 unspecified atom stereocenters. The van der Waals surface area contributed by atoms with Crippen LogP contribution in [0.25, 0.3) is 5.69 Å². The molecule has 1 aliphatic rings. The van der Waals surface area contributed by atoms with Crippen LogP contribution < -0.4 is 0 Å². The van der Waals surface area contributed by atoms with Crippen molar-refractivity contribution < 1.29 is 9.53 Å². The molecule has 1 saturated heterocycles. The largest absolute Gasteiger partial charge is 0.357 e. The van der Waals surface area contributed by atoms with Gasteiger partial charge in [0.25, 0.3) is 5.91 Å². The zero-order chi connectivity index (χ0) is 20.5. The fourth-order valence-corrected chi connectivity index (χ4v) is 3.24. The Kier molecular flexibility index (Phi) is 7.63. The Balaban J connectivity index is 1.55. The number of aliphatic imine (C=N–C) groups is 1. The Labute approximate surface area is 171 Å². The van der Waals surface area contributed by atoms with E-state index in [9.17, 15) is 4.79 Å². The van der Waals surface area contributed by atoms with E-state index in [4.69, 9.17) is 10.1 Å². The average molecular weight is 396 g/mol. The highest BCUT2D eigenvalue weighted by molar-refractivity contribution is 5.98. The van der Waals surface area contributed by atoms with E-state index in [-0.39, 0.29) is 12.1 Å². The highest BCUT2D eigenvalue weighted by Crippen LogP contribution is 2.16. The van der Waals surface area contributed by atoms with E-state index in [1.165, 1.54) is 4.80 Å². The van der Waals surface area contributed by atoms with Gasteiger partial charge >= 0.3 is 0 Å². The molecule has 1 fully saturated rings. The summed E-state index contributed by atoms with van der Waals surface area (Å²) in [4.78, 5) is 20.7. The van der Waals surface area contributed by atoms with Gasteiger partial charge in [-0.05, 0) is 38.3 Å². The summed E-state index contributed by atoms with van der Waals surface area (Å²) in [5.74, 6) is -0.0857. The van der Waals surface area contributed by atoms with Gasteiger partial charge in [-0.2, -0.15) is 15.0 Å². The second kappa shape index (κ2) is 10.6. The van der Waals surface area contributed by atoms with Gasteiger partial charge in [0, 0.05) is 44.5 Å². The fourth-order valence-electron chi connectivity index (χ4n) is 3.24. The van der Waals surface area contributed by atoms with E-state index in [2.05, 4.69) is 15.2 Å². The summed E-state index contributed by atoms with van der Waals surface area (Å²) < 4.78 is 5.56. The molecule has 1 aromatic heterocycles. The Morgan fingerprint density at radius 3 is 2.86 bits per heavy atom. The summed E-state index contributed by atoms with van der Waals surface area (Å²) in [5, 5.41) is 16.5. The molecule has 0 saturated carbocycles. The standard InChI is InChI=1S/C21H28N6O2/c1-2-26(15-11-17(22)10-12-23-20-9-5-6-16-29-20)21(28)18-7-3-4-8-19(18)27-24-13-14-25-27/h3-4,7-8,12-14,20,22H,2,5-6,9-11,15-16H2,1H3. The van der Waals surface area contributed by atoms with Gasteiger partial charge in [0.15, 0.2) is 0 Å². The topological polar surface area (TPSA) is 96.5 Å². The van der Waals surface area contributed by atoms with Crippen molar-refractivity contribution in [1.82, 2.24) is 19.9 Å². The van der Waals surface area contributed by atoms with Gasteiger partial charge in [0.1, 0.15) is 6.23 Å². The number of hydrogen-bond donors (Lipinski definition) is 1. The number of para-hydroxylation sites is 1. The molecule has 1 aromatic carbocycles. The van der Waals surface area contributed by atoms with Gasteiger partial charge < -0.3 is 15.0 Å². The summed E-state index contributed by atoms with van der Waals surface area (Å²) in [6.45, 7) is 3.76. The molecule has 0 radical (unpaired) electrons. The first kappa shape index (κ1) is 20.9. The molecular weight excluding hydrogens is 368 g/mol. The summed E-state index contributed by atoms with van der Waals surface area (Å²) >= 11 is 0. The minimum absolute atomic E-state index is 0.0577. The van der Waals surface area contributed by atoms with Crippen molar-refractivity contribution in [3.63, 3.8) is 0 Å². The predicted molar refractivity (Wildman–Crippen MR) is 112 cm³/mol. The summed E-state index contributed by atoms with van der Waals surface area (Å²) in [7, 11) is 0. The molecule has 1 atom stereocenters. The normalized spacial score (nSPS) is 16.8. The van der Waals surface area contributed by atoms with Crippen LogP contribution in [0.1, 0.15) is 49.4 Å². The highest BCUT2D eigenvalue weighted by Gasteiger charge is 2.19. The first-order chi connectivity index (χ1) is 14.2. The lowest BCUT2D eigenvalue weighted by molar-refractivity contribution is 0.0226. The molecule has 0 spiro atoms. The van der Waals surface area contributed by atoms with Crippen LogP contribution in [0.5, 0.6) is 0 Å². The molecule has 2 heterocycles. The van der Waals surface area contributed by atoms with Gasteiger partial charge in [0.2, 0.25) is 0 Å². The number of benzene rings is 1. The van der Waals surface area contributed by atoms with Crippen molar-refractivity contribution in [3.8, 4) is 5.69 Å². The van der Waals surface area contributed by atoms with Gasteiger partial charge in [-0.3, -0.25) is 9.79 Å². The maximum atomic E-state index is 13.1. The highest BCUT2D eigenvalue weighted by atomic mass is 16.5. The Morgan fingerprint density at radius 2 is 2.14 bits per heavy atom. The van der Waals surface area contributed by atoms with Crippen molar-refractivity contribution >= 4 is 17.8 Å². The van der Waals surface area contributed by atoms with Crippen molar-refractivity contribution in [1.29, 1.82) is 5.41 Å². The van der Waals surface area contributed by atoms with Crippen LogP contribution in [0, 0.1) is 5.41 Å². The SMILES string of the molecule is CCN(CCC(=N)CC=NC1CCCCO1)C(=O)c1ccccc1-n1nccn1. The number of ether oxygens (including phenoxy) is 1. The first-order valence-corrected chi connectivity index (χ1v) is 10.1. The Hall–Kier alpha value is -2.87. The molecule has 1 N–H and O–H groups in total. The molecule has 0 aliphatic carbocycles. The van der Waals surface area contributed by atoms with Crippen molar-refractivity contribution in [3.05, 3.63) is 42.2 Å². The lowest BCUT2D eigenvalue weighted by Gasteiger charge is -2.22. The number of hydrogen-bond acceptors (Lipinski definition) is 6. The molecule has 8 nitrogen and oxygen atoms in total. The lowest BCUT2D eigenvalue weighted by Crippen LogP contribution is -2.33. The number of carbonyl (C=O) groups is 1. The molecule has 154 valence electrons. The Bertz CT molecular complexity index is 827. The monoisotopic (exact) mass is 396 g/mol. The van der Waals surface area contributed by atoms with Crippen LogP contribution in [0.4, 0.5) is 0 Å². The van der Waals surface area contributed by atoms with Crippen LogP contribution in [0.2, 0.25) is 0 Å². The molecule has 0 bridgehead atoms. The van der Waals surface area contributed by atoms with Gasteiger partial charge in [-0.15, -0.1) is 0 Å². The smallest absolute Gasteiger partial charge is 0.256 e. The first-order valence-electron chi connectivity index (χ1n) is 10.1. The maximum absolute atomic E-state index is 13.1.